The van der Waals surface area contributed by atoms with Crippen LogP contribution in [0.15, 0.2) is 18.2 Å². The largest absolute Gasteiger partial charge is 0.497 e. The SMILES string of the molecule is COc1ccc2c(c1)C(CC=O)CN2S(C)(=O)=O. The van der Waals surface area contributed by atoms with E-state index in [1.54, 1.807) is 25.3 Å². The summed E-state index contributed by atoms with van der Waals surface area (Å²) >= 11 is 0. The first-order valence-corrected chi connectivity index (χ1v) is 7.41. The second-order valence-electron chi connectivity index (χ2n) is 4.32. The molecule has 1 unspecified atom stereocenters. The lowest BCUT2D eigenvalue weighted by Crippen LogP contribution is -2.28. The third-order valence-electron chi connectivity index (χ3n) is 3.11. The first-order chi connectivity index (χ1) is 8.47. The first kappa shape index (κ1) is 12.9. The van der Waals surface area contributed by atoms with E-state index in [1.165, 1.54) is 10.6 Å². The average Bonchev–Trinajstić information content (AvgIpc) is 2.68. The van der Waals surface area contributed by atoms with E-state index in [2.05, 4.69) is 0 Å². The van der Waals surface area contributed by atoms with Crippen LogP contribution in [0.2, 0.25) is 0 Å². The van der Waals surface area contributed by atoms with Gasteiger partial charge in [-0.3, -0.25) is 4.31 Å². The lowest BCUT2D eigenvalue weighted by atomic mass is 9.98. The number of ether oxygens (including phenoxy) is 1. The van der Waals surface area contributed by atoms with E-state index in [9.17, 15) is 13.2 Å². The Bertz CT molecular complexity index is 567. The van der Waals surface area contributed by atoms with Crippen molar-refractivity contribution >= 4 is 22.0 Å². The number of sulfonamides is 1. The second kappa shape index (κ2) is 4.61. The van der Waals surface area contributed by atoms with Crippen LogP contribution in [0.5, 0.6) is 5.75 Å². The molecule has 0 aromatic heterocycles. The summed E-state index contributed by atoms with van der Waals surface area (Å²) in [5.74, 6) is 0.572. The molecular formula is C12H15NO4S. The van der Waals surface area contributed by atoms with Crippen LogP contribution in [0.4, 0.5) is 5.69 Å². The summed E-state index contributed by atoms with van der Waals surface area (Å²) in [6.07, 6.45) is 2.30. The summed E-state index contributed by atoms with van der Waals surface area (Å²) in [5, 5.41) is 0. The Morgan fingerprint density at radius 3 is 2.78 bits per heavy atom. The number of nitrogens with zero attached hydrogens (tertiary/aromatic N) is 1. The van der Waals surface area contributed by atoms with Gasteiger partial charge in [0.25, 0.3) is 0 Å². The van der Waals surface area contributed by atoms with Gasteiger partial charge in [-0.1, -0.05) is 0 Å². The molecule has 0 saturated heterocycles. The summed E-state index contributed by atoms with van der Waals surface area (Å²) in [4.78, 5) is 10.7. The molecule has 0 fully saturated rings. The summed E-state index contributed by atoms with van der Waals surface area (Å²) in [6, 6.07) is 5.25. The molecule has 0 amide bonds. The van der Waals surface area contributed by atoms with Crippen LogP contribution in [0, 0.1) is 0 Å². The Morgan fingerprint density at radius 1 is 1.50 bits per heavy atom. The molecule has 1 aliphatic heterocycles. The standard InChI is InChI=1S/C12H15NO4S/c1-17-10-3-4-12-11(7-10)9(5-6-14)8-13(12)18(2,15)16/h3-4,6-7,9H,5,8H2,1-2H3. The van der Waals surface area contributed by atoms with Crippen LogP contribution in [0.1, 0.15) is 17.9 Å². The monoisotopic (exact) mass is 269 g/mol. The van der Waals surface area contributed by atoms with Crippen LogP contribution in [0.3, 0.4) is 0 Å². The highest BCUT2D eigenvalue weighted by Gasteiger charge is 2.33. The molecule has 1 heterocycles. The molecule has 18 heavy (non-hydrogen) atoms. The van der Waals surface area contributed by atoms with Crippen molar-refractivity contribution < 1.29 is 17.9 Å². The van der Waals surface area contributed by atoms with Crippen molar-refractivity contribution in [1.82, 2.24) is 0 Å². The number of aldehydes is 1. The van der Waals surface area contributed by atoms with Crippen molar-refractivity contribution in [2.24, 2.45) is 0 Å². The Kier molecular flexibility index (Phi) is 3.30. The summed E-state index contributed by atoms with van der Waals surface area (Å²) in [7, 11) is -1.75. The number of hydrogen-bond donors (Lipinski definition) is 0. The lowest BCUT2D eigenvalue weighted by Gasteiger charge is -2.16. The minimum absolute atomic E-state index is 0.0951. The number of hydrogen-bond acceptors (Lipinski definition) is 4. The van der Waals surface area contributed by atoms with Crippen LogP contribution in [-0.2, 0) is 14.8 Å². The fourth-order valence-corrected chi connectivity index (χ4v) is 3.22. The van der Waals surface area contributed by atoms with Crippen LogP contribution in [-0.4, -0.2) is 34.6 Å². The lowest BCUT2D eigenvalue weighted by molar-refractivity contribution is -0.108. The highest BCUT2D eigenvalue weighted by atomic mass is 32.2. The summed E-state index contributed by atoms with van der Waals surface area (Å²) < 4.78 is 29.9. The third-order valence-corrected chi connectivity index (χ3v) is 4.26. The summed E-state index contributed by atoms with van der Waals surface area (Å²) in [6.45, 7) is 0.320. The van der Waals surface area contributed by atoms with Crippen molar-refractivity contribution in [3.8, 4) is 5.75 Å². The topological polar surface area (TPSA) is 63.7 Å². The van der Waals surface area contributed by atoms with Gasteiger partial charge in [-0.25, -0.2) is 8.42 Å². The van der Waals surface area contributed by atoms with Gasteiger partial charge < -0.3 is 9.53 Å². The van der Waals surface area contributed by atoms with Crippen LogP contribution >= 0.6 is 0 Å². The number of anilines is 1. The highest BCUT2D eigenvalue weighted by Crippen LogP contribution is 2.40. The Balaban J connectivity index is 2.50. The number of fused-ring (bicyclic) bond motifs is 1. The number of benzene rings is 1. The van der Waals surface area contributed by atoms with Gasteiger partial charge in [0.2, 0.25) is 10.0 Å². The average molecular weight is 269 g/mol. The highest BCUT2D eigenvalue weighted by molar-refractivity contribution is 7.92. The van der Waals surface area contributed by atoms with Gasteiger partial charge >= 0.3 is 0 Å². The van der Waals surface area contributed by atoms with Crippen molar-refractivity contribution in [2.45, 2.75) is 12.3 Å². The number of carbonyl (C=O) groups excluding carboxylic acids is 1. The first-order valence-electron chi connectivity index (χ1n) is 5.56. The molecule has 1 aromatic carbocycles. The van der Waals surface area contributed by atoms with E-state index in [-0.39, 0.29) is 5.92 Å². The van der Waals surface area contributed by atoms with Gasteiger partial charge in [-0.05, 0) is 23.8 Å². The normalized spacial score (nSPS) is 18.6. The number of rotatable bonds is 4. The van der Waals surface area contributed by atoms with Gasteiger partial charge in [0.05, 0.1) is 19.1 Å². The molecule has 0 aliphatic carbocycles. The van der Waals surface area contributed by atoms with Crippen molar-refractivity contribution in [1.29, 1.82) is 0 Å². The molecule has 6 heteroatoms. The van der Waals surface area contributed by atoms with Gasteiger partial charge in [-0.2, -0.15) is 0 Å². The zero-order valence-corrected chi connectivity index (χ0v) is 11.1. The predicted octanol–water partition coefficient (Wildman–Crippen LogP) is 1.15. The van der Waals surface area contributed by atoms with Crippen molar-refractivity contribution in [3.05, 3.63) is 23.8 Å². The molecule has 1 aromatic rings. The van der Waals surface area contributed by atoms with E-state index in [1.807, 2.05) is 0 Å². The van der Waals surface area contributed by atoms with Crippen molar-refractivity contribution in [3.63, 3.8) is 0 Å². The summed E-state index contributed by atoms with van der Waals surface area (Å²) in [5.41, 5.74) is 1.50. The molecule has 0 N–H and O–H groups in total. The van der Waals surface area contributed by atoms with E-state index >= 15 is 0 Å². The molecule has 5 nitrogen and oxygen atoms in total. The number of carbonyl (C=O) groups is 1. The van der Waals surface area contributed by atoms with Crippen LogP contribution in [0.25, 0.3) is 0 Å². The Hall–Kier alpha value is -1.56. The molecule has 1 atom stereocenters. The minimum Gasteiger partial charge on any atom is -0.497 e. The van der Waals surface area contributed by atoms with E-state index in [4.69, 9.17) is 4.74 Å². The number of methoxy groups -OCH3 is 1. The van der Waals surface area contributed by atoms with Gasteiger partial charge in [0.15, 0.2) is 0 Å². The van der Waals surface area contributed by atoms with Gasteiger partial charge in [0, 0.05) is 18.9 Å². The fourth-order valence-electron chi connectivity index (χ4n) is 2.24. The smallest absolute Gasteiger partial charge is 0.232 e. The van der Waals surface area contributed by atoms with E-state index in [0.717, 1.165) is 11.8 Å². The Morgan fingerprint density at radius 2 is 2.22 bits per heavy atom. The third kappa shape index (κ3) is 2.20. The molecule has 98 valence electrons. The molecule has 0 bridgehead atoms. The molecule has 0 radical (unpaired) electrons. The van der Waals surface area contributed by atoms with Crippen molar-refractivity contribution in [2.75, 3.05) is 24.2 Å². The van der Waals surface area contributed by atoms with Gasteiger partial charge in [0.1, 0.15) is 12.0 Å². The molecular weight excluding hydrogens is 254 g/mol. The quantitative estimate of drug-likeness (QED) is 0.769. The molecule has 1 aliphatic rings. The minimum atomic E-state index is -3.31. The second-order valence-corrected chi connectivity index (χ2v) is 6.22. The zero-order chi connectivity index (χ0) is 13.3. The fraction of sp³-hybridized carbons (Fsp3) is 0.417. The van der Waals surface area contributed by atoms with E-state index in [0.29, 0.717) is 24.4 Å². The van der Waals surface area contributed by atoms with Gasteiger partial charge in [-0.15, -0.1) is 0 Å². The van der Waals surface area contributed by atoms with Crippen LogP contribution < -0.4 is 9.04 Å². The molecule has 0 saturated carbocycles. The zero-order valence-electron chi connectivity index (χ0n) is 10.3. The maximum Gasteiger partial charge on any atom is 0.232 e. The predicted molar refractivity (Wildman–Crippen MR) is 68.6 cm³/mol. The maximum absolute atomic E-state index is 11.7. The molecule has 0 spiro atoms. The Labute approximate surface area is 106 Å². The maximum atomic E-state index is 11.7. The molecule has 2 rings (SSSR count). The van der Waals surface area contributed by atoms with E-state index < -0.39 is 10.0 Å².